The van der Waals surface area contributed by atoms with Crippen LogP contribution in [0.15, 0.2) is 0 Å². The molecule has 6 heteroatoms. The fraction of sp³-hybridized carbons (Fsp3) is 0.800. The number of carboxylic acids is 1. The summed E-state index contributed by atoms with van der Waals surface area (Å²) < 4.78 is 0. The highest BCUT2D eigenvalue weighted by Crippen LogP contribution is 2.30. The van der Waals surface area contributed by atoms with Crippen molar-refractivity contribution in [2.75, 3.05) is 7.05 Å². The molecule has 1 aliphatic carbocycles. The Hall–Kier alpha value is -1.59. The SMILES string of the molecule is CNC(=O)C(CC(C)C)NC(=O)[C@@H]1CCCC[C@@H]1C(=O)O. The molecule has 0 saturated heterocycles. The van der Waals surface area contributed by atoms with Crippen LogP contribution >= 0.6 is 0 Å². The Morgan fingerprint density at radius 3 is 2.19 bits per heavy atom. The van der Waals surface area contributed by atoms with Crippen LogP contribution in [0.3, 0.4) is 0 Å². The lowest BCUT2D eigenvalue weighted by molar-refractivity contribution is -0.149. The molecule has 120 valence electrons. The Bertz CT molecular complexity index is 395. The van der Waals surface area contributed by atoms with Crippen LogP contribution < -0.4 is 10.6 Å². The second-order valence-electron chi connectivity index (χ2n) is 6.14. The molecule has 3 atom stereocenters. The first-order valence-electron chi connectivity index (χ1n) is 7.61. The minimum absolute atomic E-state index is 0.236. The van der Waals surface area contributed by atoms with Crippen molar-refractivity contribution in [2.24, 2.45) is 17.8 Å². The molecule has 0 aromatic carbocycles. The molecule has 2 amide bonds. The number of nitrogens with one attached hydrogen (secondary N) is 2. The van der Waals surface area contributed by atoms with Crippen LogP contribution in [0.1, 0.15) is 46.0 Å². The fourth-order valence-electron chi connectivity index (χ4n) is 2.90. The van der Waals surface area contributed by atoms with Gasteiger partial charge in [0, 0.05) is 7.05 Å². The number of hydrogen-bond acceptors (Lipinski definition) is 3. The van der Waals surface area contributed by atoms with Crippen molar-refractivity contribution in [3.8, 4) is 0 Å². The molecule has 0 aliphatic heterocycles. The number of amides is 2. The molecule has 0 bridgehead atoms. The van der Waals surface area contributed by atoms with Crippen molar-refractivity contribution in [2.45, 2.75) is 52.0 Å². The average Bonchev–Trinajstić information content (AvgIpc) is 2.45. The van der Waals surface area contributed by atoms with Gasteiger partial charge in [0.2, 0.25) is 11.8 Å². The highest BCUT2D eigenvalue weighted by molar-refractivity contribution is 5.90. The van der Waals surface area contributed by atoms with Crippen molar-refractivity contribution < 1.29 is 19.5 Å². The first-order valence-corrected chi connectivity index (χ1v) is 7.61. The Labute approximate surface area is 125 Å². The minimum Gasteiger partial charge on any atom is -0.481 e. The summed E-state index contributed by atoms with van der Waals surface area (Å²) in [5, 5.41) is 14.5. The Balaban J connectivity index is 2.74. The number of rotatable bonds is 6. The molecule has 1 rings (SSSR count). The van der Waals surface area contributed by atoms with Gasteiger partial charge in [-0.2, -0.15) is 0 Å². The van der Waals surface area contributed by atoms with Gasteiger partial charge in [-0.1, -0.05) is 26.7 Å². The van der Waals surface area contributed by atoms with Gasteiger partial charge < -0.3 is 15.7 Å². The number of aliphatic carboxylic acids is 1. The van der Waals surface area contributed by atoms with Crippen LogP contribution in [0.4, 0.5) is 0 Å². The fourth-order valence-corrected chi connectivity index (χ4v) is 2.90. The molecule has 1 aliphatic rings. The zero-order valence-electron chi connectivity index (χ0n) is 13.0. The zero-order chi connectivity index (χ0) is 16.0. The van der Waals surface area contributed by atoms with Gasteiger partial charge >= 0.3 is 5.97 Å². The number of likely N-dealkylation sites (N-methyl/N-ethyl adjacent to an activating group) is 1. The summed E-state index contributed by atoms with van der Waals surface area (Å²) in [5.74, 6) is -2.38. The molecule has 21 heavy (non-hydrogen) atoms. The molecule has 0 spiro atoms. The summed E-state index contributed by atoms with van der Waals surface area (Å²) in [7, 11) is 1.53. The molecule has 1 saturated carbocycles. The van der Waals surface area contributed by atoms with E-state index in [0.717, 1.165) is 12.8 Å². The quantitative estimate of drug-likeness (QED) is 0.685. The van der Waals surface area contributed by atoms with Crippen molar-refractivity contribution in [3.05, 3.63) is 0 Å². The lowest BCUT2D eigenvalue weighted by Crippen LogP contribution is -2.50. The summed E-state index contributed by atoms with van der Waals surface area (Å²) in [5.41, 5.74) is 0. The maximum absolute atomic E-state index is 12.4. The Kier molecular flexibility index (Phi) is 6.65. The lowest BCUT2D eigenvalue weighted by atomic mass is 9.78. The van der Waals surface area contributed by atoms with E-state index in [1.807, 2.05) is 13.8 Å². The molecular weight excluding hydrogens is 272 g/mol. The maximum Gasteiger partial charge on any atom is 0.307 e. The van der Waals surface area contributed by atoms with Gasteiger partial charge in [0.1, 0.15) is 6.04 Å². The van der Waals surface area contributed by atoms with Gasteiger partial charge in [0.15, 0.2) is 0 Å². The molecule has 0 aromatic rings. The highest BCUT2D eigenvalue weighted by Gasteiger charge is 2.37. The molecule has 1 fully saturated rings. The molecule has 3 N–H and O–H groups in total. The van der Waals surface area contributed by atoms with Gasteiger partial charge in [-0.15, -0.1) is 0 Å². The van der Waals surface area contributed by atoms with Gasteiger partial charge in [0.05, 0.1) is 11.8 Å². The van der Waals surface area contributed by atoms with Crippen molar-refractivity contribution in [1.82, 2.24) is 10.6 Å². The third-order valence-electron chi connectivity index (χ3n) is 4.01. The summed E-state index contributed by atoms with van der Waals surface area (Å²) in [6.45, 7) is 3.95. The topological polar surface area (TPSA) is 95.5 Å². The second kappa shape index (κ2) is 8.00. The molecule has 6 nitrogen and oxygen atoms in total. The summed E-state index contributed by atoms with van der Waals surface area (Å²) in [6, 6.07) is -0.598. The predicted molar refractivity (Wildman–Crippen MR) is 78.5 cm³/mol. The number of hydrogen-bond donors (Lipinski definition) is 3. The van der Waals surface area contributed by atoms with Gasteiger partial charge in [0.25, 0.3) is 0 Å². The summed E-state index contributed by atoms with van der Waals surface area (Å²) in [6.07, 6.45) is 3.34. The maximum atomic E-state index is 12.4. The van der Waals surface area contributed by atoms with E-state index in [0.29, 0.717) is 19.3 Å². The Morgan fingerprint density at radius 2 is 1.71 bits per heavy atom. The van der Waals surface area contributed by atoms with Crippen LogP contribution in [-0.4, -0.2) is 36.0 Å². The van der Waals surface area contributed by atoms with Crippen LogP contribution in [0.25, 0.3) is 0 Å². The molecule has 1 unspecified atom stereocenters. The third kappa shape index (κ3) is 5.02. The normalized spacial score (nSPS) is 23.4. The van der Waals surface area contributed by atoms with E-state index in [9.17, 15) is 19.5 Å². The highest BCUT2D eigenvalue weighted by atomic mass is 16.4. The van der Waals surface area contributed by atoms with Crippen LogP contribution in [0.2, 0.25) is 0 Å². The standard InChI is InChI=1S/C15H26N2O4/c1-9(2)8-12(14(19)16-3)17-13(18)10-6-4-5-7-11(10)15(20)21/h9-12H,4-8H2,1-3H3,(H,16,19)(H,17,18)(H,20,21)/t10-,11+,12?/m1/s1. The van der Waals surface area contributed by atoms with Gasteiger partial charge in [-0.3, -0.25) is 14.4 Å². The minimum atomic E-state index is -0.921. The predicted octanol–water partition coefficient (Wildman–Crippen LogP) is 1.15. The van der Waals surface area contributed by atoms with Crippen molar-refractivity contribution in [1.29, 1.82) is 0 Å². The van der Waals surface area contributed by atoms with E-state index >= 15 is 0 Å². The van der Waals surface area contributed by atoms with Crippen LogP contribution in [0.5, 0.6) is 0 Å². The van der Waals surface area contributed by atoms with Gasteiger partial charge in [-0.05, 0) is 25.2 Å². The zero-order valence-corrected chi connectivity index (χ0v) is 13.0. The first kappa shape index (κ1) is 17.5. The van der Waals surface area contributed by atoms with Crippen molar-refractivity contribution in [3.63, 3.8) is 0 Å². The smallest absolute Gasteiger partial charge is 0.307 e. The van der Waals surface area contributed by atoms with Crippen LogP contribution in [0, 0.1) is 17.8 Å². The molecular formula is C15H26N2O4. The van der Waals surface area contributed by atoms with Crippen molar-refractivity contribution >= 4 is 17.8 Å². The molecule has 0 radical (unpaired) electrons. The number of carbonyl (C=O) groups is 3. The van der Waals surface area contributed by atoms with E-state index < -0.39 is 23.8 Å². The van der Waals surface area contributed by atoms with Gasteiger partial charge in [-0.25, -0.2) is 0 Å². The van der Waals surface area contributed by atoms with E-state index in [1.165, 1.54) is 7.05 Å². The first-order chi connectivity index (χ1) is 9.86. The largest absolute Gasteiger partial charge is 0.481 e. The monoisotopic (exact) mass is 298 g/mol. The average molecular weight is 298 g/mol. The second-order valence-corrected chi connectivity index (χ2v) is 6.14. The lowest BCUT2D eigenvalue weighted by Gasteiger charge is -2.29. The summed E-state index contributed by atoms with van der Waals surface area (Å²) >= 11 is 0. The summed E-state index contributed by atoms with van der Waals surface area (Å²) in [4.78, 5) is 35.5. The number of carbonyl (C=O) groups excluding carboxylic acids is 2. The van der Waals surface area contributed by atoms with E-state index in [1.54, 1.807) is 0 Å². The molecule has 0 heterocycles. The molecule has 0 aromatic heterocycles. The van der Waals surface area contributed by atoms with E-state index in [-0.39, 0.29) is 17.7 Å². The number of carboxylic acid groups (broad SMARTS) is 1. The van der Waals surface area contributed by atoms with E-state index in [4.69, 9.17) is 0 Å². The third-order valence-corrected chi connectivity index (χ3v) is 4.01. The van der Waals surface area contributed by atoms with E-state index in [2.05, 4.69) is 10.6 Å². The Morgan fingerprint density at radius 1 is 1.14 bits per heavy atom. The van der Waals surface area contributed by atoms with Crippen LogP contribution in [-0.2, 0) is 14.4 Å².